The molecular weight excluding hydrogens is 472 g/mol. The Morgan fingerprint density at radius 3 is 2.24 bits per heavy atom. The first-order valence-corrected chi connectivity index (χ1v) is 10.1. The van der Waals surface area contributed by atoms with Gasteiger partial charge in [-0.3, -0.25) is 19.3 Å². The SMILES string of the molecule is CN(C)C1C(=O)C(C(N)=O)=C(O)[C@@]2(O)C(=O)C3=C(O)c4c(O)cccc4[C@@](C)(O)C3C(O)C12.[Cl-]. The van der Waals surface area contributed by atoms with Crippen LogP contribution in [0.2, 0.25) is 0 Å². The summed E-state index contributed by atoms with van der Waals surface area (Å²) in [7, 11) is 2.80. The Morgan fingerprint density at radius 1 is 1.12 bits per heavy atom. The lowest BCUT2D eigenvalue weighted by Gasteiger charge is -2.55. The molecule has 4 unspecified atom stereocenters. The second-order valence-corrected chi connectivity index (χ2v) is 9.06. The third-order valence-electron chi connectivity index (χ3n) is 7.03. The monoisotopic (exact) mass is 495 g/mol. The van der Waals surface area contributed by atoms with Crippen LogP contribution in [0.15, 0.2) is 35.1 Å². The fraction of sp³-hybridized carbons (Fsp3) is 0.409. The Kier molecular flexibility index (Phi) is 5.88. The number of aliphatic hydroxyl groups excluding tert-OH is 3. The molecule has 0 heterocycles. The third-order valence-corrected chi connectivity index (χ3v) is 7.03. The largest absolute Gasteiger partial charge is 1.00 e. The second-order valence-electron chi connectivity index (χ2n) is 9.06. The number of aliphatic hydroxyl groups is 5. The number of primary amides is 1. The number of hydrogen-bond donors (Lipinski definition) is 7. The van der Waals surface area contributed by atoms with E-state index < -0.39 is 81.1 Å². The van der Waals surface area contributed by atoms with Crippen molar-refractivity contribution in [3.63, 3.8) is 0 Å². The predicted octanol–water partition coefficient (Wildman–Crippen LogP) is -4.40. The molecule has 1 fully saturated rings. The van der Waals surface area contributed by atoms with Crippen molar-refractivity contribution in [2.45, 2.75) is 30.3 Å². The van der Waals surface area contributed by atoms with Gasteiger partial charge in [0.2, 0.25) is 5.78 Å². The van der Waals surface area contributed by atoms with E-state index in [0.717, 1.165) is 0 Å². The van der Waals surface area contributed by atoms with Gasteiger partial charge in [-0.1, -0.05) is 12.1 Å². The average molecular weight is 496 g/mol. The molecule has 0 spiro atoms. The third kappa shape index (κ3) is 2.88. The zero-order valence-electron chi connectivity index (χ0n) is 18.4. The van der Waals surface area contributed by atoms with Crippen molar-refractivity contribution in [1.29, 1.82) is 0 Å². The van der Waals surface area contributed by atoms with Gasteiger partial charge in [0.1, 0.15) is 22.8 Å². The number of Topliss-reactive ketones (excluding diaryl/α,β-unsaturated/α-hetero) is 2. The number of nitrogens with zero attached hydrogens (tertiary/aromatic N) is 1. The van der Waals surface area contributed by atoms with Crippen LogP contribution >= 0.6 is 0 Å². The molecule has 184 valence electrons. The molecular formula is C22H24ClN2O9-. The van der Waals surface area contributed by atoms with Crippen molar-refractivity contribution in [3.05, 3.63) is 46.2 Å². The summed E-state index contributed by atoms with van der Waals surface area (Å²) in [4.78, 5) is 39.9. The average Bonchev–Trinajstić information content (AvgIpc) is 2.70. The number of phenolic OH excluding ortho intramolecular Hbond substituents is 1. The van der Waals surface area contributed by atoms with Crippen LogP contribution in [0.3, 0.4) is 0 Å². The number of hydrogen-bond acceptors (Lipinski definition) is 10. The summed E-state index contributed by atoms with van der Waals surface area (Å²) in [6.07, 6.45) is -1.87. The van der Waals surface area contributed by atoms with E-state index in [9.17, 15) is 45.0 Å². The van der Waals surface area contributed by atoms with E-state index in [1.54, 1.807) is 0 Å². The highest BCUT2D eigenvalue weighted by molar-refractivity contribution is 6.24. The van der Waals surface area contributed by atoms with Crippen LogP contribution in [0.1, 0.15) is 18.1 Å². The van der Waals surface area contributed by atoms with Crippen LogP contribution in [0.5, 0.6) is 5.75 Å². The summed E-state index contributed by atoms with van der Waals surface area (Å²) in [5.74, 6) is -9.67. The molecule has 34 heavy (non-hydrogen) atoms. The normalized spacial score (nSPS) is 34.9. The van der Waals surface area contributed by atoms with E-state index in [-0.39, 0.29) is 23.5 Å². The number of carbonyl (C=O) groups is 3. The molecule has 4 rings (SSSR count). The highest BCUT2D eigenvalue weighted by Crippen LogP contribution is 2.57. The van der Waals surface area contributed by atoms with Gasteiger partial charge in [-0.15, -0.1) is 0 Å². The van der Waals surface area contributed by atoms with Crippen molar-refractivity contribution >= 4 is 23.2 Å². The number of ketones is 2. The lowest BCUT2D eigenvalue weighted by molar-refractivity contribution is -0.181. The number of halogens is 1. The fourth-order valence-electron chi connectivity index (χ4n) is 5.60. The van der Waals surface area contributed by atoms with Crippen LogP contribution < -0.4 is 18.1 Å². The molecule has 12 heteroatoms. The maximum absolute atomic E-state index is 13.7. The minimum absolute atomic E-state index is 0. The Morgan fingerprint density at radius 2 is 1.71 bits per heavy atom. The lowest BCUT2D eigenvalue weighted by atomic mass is 9.53. The smallest absolute Gasteiger partial charge is 0.255 e. The number of nitrogens with two attached hydrogens (primary N) is 1. The predicted molar refractivity (Wildman–Crippen MR) is 112 cm³/mol. The quantitative estimate of drug-likeness (QED) is 0.196. The maximum Gasteiger partial charge on any atom is 0.255 e. The van der Waals surface area contributed by atoms with E-state index in [0.29, 0.717) is 0 Å². The molecule has 1 amide bonds. The second kappa shape index (κ2) is 7.79. The van der Waals surface area contributed by atoms with Gasteiger partial charge in [0.25, 0.3) is 5.91 Å². The first-order chi connectivity index (χ1) is 15.2. The van der Waals surface area contributed by atoms with Crippen LogP contribution in [-0.2, 0) is 20.0 Å². The van der Waals surface area contributed by atoms with Crippen LogP contribution in [-0.4, -0.2) is 84.9 Å². The standard InChI is InChI=1S/C22H24N2O9.ClH/c1-21(32)7-5-4-6-8(25)9(7)15(26)10-12(21)17(28)13-14(24(2)3)16(27)11(20(23)31)19(30)22(13,33)18(10)29;/h4-6,12-14,17,25-26,28,30,32-33H,1-3H3,(H2,23,31);1H/p-1/t12?,13?,14?,17?,21-,22+;/m1./s1. The van der Waals surface area contributed by atoms with Gasteiger partial charge in [0, 0.05) is 0 Å². The Hall–Kier alpha value is -2.96. The van der Waals surface area contributed by atoms with Crippen LogP contribution in [0, 0.1) is 11.8 Å². The highest BCUT2D eigenvalue weighted by Gasteiger charge is 2.70. The number of likely N-dealkylation sites (N-methyl/N-ethyl adjacent to an activating group) is 1. The summed E-state index contributed by atoms with van der Waals surface area (Å²) < 4.78 is 0. The first-order valence-electron chi connectivity index (χ1n) is 10.1. The minimum Gasteiger partial charge on any atom is -1.00 e. The Balaban J connectivity index is 0.00000324. The van der Waals surface area contributed by atoms with Gasteiger partial charge in [-0.25, -0.2) is 0 Å². The molecule has 1 saturated carbocycles. The molecule has 0 radical (unpaired) electrons. The van der Waals surface area contributed by atoms with Crippen molar-refractivity contribution in [2.24, 2.45) is 17.6 Å². The van der Waals surface area contributed by atoms with Crippen molar-refractivity contribution < 1.29 is 57.4 Å². The first kappa shape index (κ1) is 25.7. The topological polar surface area (TPSA) is 202 Å². The number of rotatable bonds is 2. The van der Waals surface area contributed by atoms with Crippen molar-refractivity contribution in [3.8, 4) is 5.75 Å². The lowest BCUT2D eigenvalue weighted by Crippen LogP contribution is -3.00. The number of phenols is 1. The molecule has 1 aromatic rings. The Bertz CT molecular complexity index is 1190. The zero-order valence-corrected chi connectivity index (χ0v) is 19.1. The molecule has 0 aliphatic heterocycles. The van der Waals surface area contributed by atoms with Gasteiger partial charge in [0.05, 0.1) is 40.7 Å². The molecule has 3 aliphatic rings. The van der Waals surface area contributed by atoms with E-state index in [1.165, 1.54) is 44.1 Å². The summed E-state index contributed by atoms with van der Waals surface area (Å²) in [5.41, 5.74) is -1.78. The van der Waals surface area contributed by atoms with Crippen molar-refractivity contribution in [1.82, 2.24) is 4.90 Å². The van der Waals surface area contributed by atoms with Gasteiger partial charge in [0.15, 0.2) is 11.4 Å². The molecule has 3 aliphatic carbocycles. The molecule has 0 bridgehead atoms. The molecule has 1 aromatic carbocycles. The van der Waals surface area contributed by atoms with Crippen molar-refractivity contribution in [2.75, 3.05) is 14.1 Å². The number of benzene rings is 1. The van der Waals surface area contributed by atoms with Gasteiger partial charge in [-0.2, -0.15) is 0 Å². The number of amides is 1. The molecule has 8 N–H and O–H groups in total. The van der Waals surface area contributed by atoms with Gasteiger partial charge < -0.3 is 48.8 Å². The minimum atomic E-state index is -3.02. The molecule has 0 saturated heterocycles. The van der Waals surface area contributed by atoms with E-state index in [4.69, 9.17) is 5.73 Å². The van der Waals surface area contributed by atoms with Gasteiger partial charge in [-0.05, 0) is 32.6 Å². The number of carbonyl (C=O) groups excluding carboxylic acids is 3. The number of fused-ring (bicyclic) bond motifs is 3. The fourth-order valence-corrected chi connectivity index (χ4v) is 5.60. The van der Waals surface area contributed by atoms with E-state index >= 15 is 0 Å². The highest BCUT2D eigenvalue weighted by atomic mass is 35.5. The maximum atomic E-state index is 13.7. The van der Waals surface area contributed by atoms with Gasteiger partial charge >= 0.3 is 0 Å². The van der Waals surface area contributed by atoms with Crippen LogP contribution in [0.4, 0.5) is 0 Å². The molecule has 6 atom stereocenters. The molecule has 0 aromatic heterocycles. The zero-order chi connectivity index (χ0) is 24.8. The summed E-state index contributed by atoms with van der Waals surface area (Å²) >= 11 is 0. The summed E-state index contributed by atoms with van der Waals surface area (Å²) in [6.45, 7) is 1.25. The Labute approximate surface area is 199 Å². The summed E-state index contributed by atoms with van der Waals surface area (Å²) in [5, 5.41) is 66.3. The van der Waals surface area contributed by atoms with E-state index in [1.807, 2.05) is 0 Å². The number of aromatic hydroxyl groups is 1. The van der Waals surface area contributed by atoms with Crippen LogP contribution in [0.25, 0.3) is 5.76 Å². The summed E-state index contributed by atoms with van der Waals surface area (Å²) in [6, 6.07) is 2.50. The van der Waals surface area contributed by atoms with E-state index in [2.05, 4.69) is 0 Å². The molecule has 11 nitrogen and oxygen atoms in total.